The zero-order chi connectivity index (χ0) is 19.3. The number of hydrogen-bond acceptors (Lipinski definition) is 6. The van der Waals surface area contributed by atoms with Gasteiger partial charge in [0.25, 0.3) is 0 Å². The predicted octanol–water partition coefficient (Wildman–Crippen LogP) is 2.51. The van der Waals surface area contributed by atoms with Crippen LogP contribution in [0.5, 0.6) is 0 Å². The van der Waals surface area contributed by atoms with Crippen LogP contribution in [0.1, 0.15) is 44.4 Å². The molecule has 8 heteroatoms. The van der Waals surface area contributed by atoms with Gasteiger partial charge in [-0.1, -0.05) is 24.4 Å². The smallest absolute Gasteiger partial charge is 0.238 e. The number of furan rings is 1. The molecular formula is C20H26N4O4. The van der Waals surface area contributed by atoms with Crippen LogP contribution in [0.25, 0.3) is 11.6 Å². The van der Waals surface area contributed by atoms with Gasteiger partial charge in [-0.15, -0.1) is 0 Å². The summed E-state index contributed by atoms with van der Waals surface area (Å²) in [7, 11) is 0. The highest BCUT2D eigenvalue weighted by molar-refractivity contribution is 5.80. The summed E-state index contributed by atoms with van der Waals surface area (Å²) in [4.78, 5) is 33.2. The number of aromatic nitrogens is 2. The number of nitrogens with zero attached hydrogens (tertiary/aromatic N) is 4. The zero-order valence-corrected chi connectivity index (χ0v) is 16.0. The molecule has 1 aliphatic carbocycles. The van der Waals surface area contributed by atoms with E-state index in [0.717, 1.165) is 25.7 Å². The molecule has 4 rings (SSSR count). The van der Waals surface area contributed by atoms with Crippen molar-refractivity contribution >= 4 is 11.8 Å². The van der Waals surface area contributed by atoms with Crippen LogP contribution < -0.4 is 0 Å². The van der Waals surface area contributed by atoms with E-state index in [1.54, 1.807) is 18.4 Å². The van der Waals surface area contributed by atoms with E-state index in [2.05, 4.69) is 10.1 Å². The normalized spacial score (nSPS) is 18.4. The second kappa shape index (κ2) is 8.58. The summed E-state index contributed by atoms with van der Waals surface area (Å²) in [6.45, 7) is 2.45. The van der Waals surface area contributed by atoms with Crippen LogP contribution in [0.15, 0.2) is 27.3 Å². The first-order chi connectivity index (χ1) is 13.7. The molecule has 1 aliphatic heterocycles. The molecule has 2 aromatic heterocycles. The van der Waals surface area contributed by atoms with Gasteiger partial charge in [-0.3, -0.25) is 9.59 Å². The summed E-state index contributed by atoms with van der Waals surface area (Å²) >= 11 is 0. The summed E-state index contributed by atoms with van der Waals surface area (Å²) in [6, 6.07) is 3.52. The van der Waals surface area contributed by atoms with Gasteiger partial charge in [-0.05, 0) is 25.0 Å². The minimum atomic E-state index is 0.0579. The van der Waals surface area contributed by atoms with Gasteiger partial charge in [0.15, 0.2) is 5.76 Å². The minimum absolute atomic E-state index is 0.0579. The van der Waals surface area contributed by atoms with Gasteiger partial charge in [-0.25, -0.2) is 0 Å². The fraction of sp³-hybridized carbons (Fsp3) is 0.600. The van der Waals surface area contributed by atoms with Crippen LogP contribution in [0.2, 0.25) is 0 Å². The fourth-order valence-corrected chi connectivity index (χ4v) is 4.02. The Balaban J connectivity index is 1.22. The summed E-state index contributed by atoms with van der Waals surface area (Å²) in [6.07, 6.45) is 7.86. The Hall–Kier alpha value is -2.64. The Morgan fingerprint density at radius 3 is 2.54 bits per heavy atom. The van der Waals surface area contributed by atoms with Crippen molar-refractivity contribution in [1.82, 2.24) is 19.9 Å². The molecule has 2 fully saturated rings. The maximum Gasteiger partial charge on any atom is 0.238 e. The highest BCUT2D eigenvalue weighted by Gasteiger charge is 2.29. The molecule has 2 aromatic rings. The molecule has 1 saturated heterocycles. The SMILES string of the molecule is O=C(CCc1nc(-c2ccco2)no1)N1CCN(C(=O)C2CCCCC2)CC1. The van der Waals surface area contributed by atoms with E-state index in [0.29, 0.717) is 56.5 Å². The van der Waals surface area contributed by atoms with E-state index >= 15 is 0 Å². The van der Waals surface area contributed by atoms with E-state index in [-0.39, 0.29) is 17.7 Å². The second-order valence-corrected chi connectivity index (χ2v) is 7.53. The number of carbonyl (C=O) groups is 2. The zero-order valence-electron chi connectivity index (χ0n) is 16.0. The second-order valence-electron chi connectivity index (χ2n) is 7.53. The maximum absolute atomic E-state index is 12.6. The number of piperazine rings is 1. The van der Waals surface area contributed by atoms with Crippen molar-refractivity contribution in [1.29, 1.82) is 0 Å². The van der Waals surface area contributed by atoms with Gasteiger partial charge in [0.2, 0.25) is 23.5 Å². The van der Waals surface area contributed by atoms with Crippen LogP contribution >= 0.6 is 0 Å². The third-order valence-electron chi connectivity index (χ3n) is 5.66. The molecule has 1 saturated carbocycles. The molecule has 0 aromatic carbocycles. The molecule has 8 nitrogen and oxygen atoms in total. The molecular weight excluding hydrogens is 360 g/mol. The Morgan fingerprint density at radius 1 is 1.07 bits per heavy atom. The Labute approximate surface area is 163 Å². The average molecular weight is 386 g/mol. The molecule has 0 radical (unpaired) electrons. The number of carbonyl (C=O) groups excluding carboxylic acids is 2. The molecule has 150 valence electrons. The Morgan fingerprint density at radius 2 is 1.82 bits per heavy atom. The van der Waals surface area contributed by atoms with Crippen molar-refractivity contribution in [2.45, 2.75) is 44.9 Å². The van der Waals surface area contributed by atoms with Crippen molar-refractivity contribution in [2.75, 3.05) is 26.2 Å². The molecule has 0 N–H and O–H groups in total. The first kappa shape index (κ1) is 18.7. The Bertz CT molecular complexity index is 787. The summed E-state index contributed by atoms with van der Waals surface area (Å²) in [5.41, 5.74) is 0. The third-order valence-corrected chi connectivity index (χ3v) is 5.66. The van der Waals surface area contributed by atoms with Crippen molar-refractivity contribution in [2.24, 2.45) is 5.92 Å². The van der Waals surface area contributed by atoms with Gasteiger partial charge >= 0.3 is 0 Å². The van der Waals surface area contributed by atoms with Crippen molar-refractivity contribution < 1.29 is 18.5 Å². The lowest BCUT2D eigenvalue weighted by Gasteiger charge is -2.37. The third kappa shape index (κ3) is 4.26. The predicted molar refractivity (Wildman–Crippen MR) is 100 cm³/mol. The molecule has 0 atom stereocenters. The summed E-state index contributed by atoms with van der Waals surface area (Å²) in [5, 5.41) is 3.87. The van der Waals surface area contributed by atoms with Gasteiger partial charge in [-0.2, -0.15) is 4.98 Å². The standard InChI is InChI=1S/C20H26N4O4/c25-18(9-8-17-21-19(22-28-17)16-7-4-14-27-16)23-10-12-24(13-11-23)20(26)15-5-2-1-3-6-15/h4,7,14-15H,1-3,5-6,8-13H2. The lowest BCUT2D eigenvalue weighted by atomic mass is 9.88. The topological polar surface area (TPSA) is 92.7 Å². The molecule has 28 heavy (non-hydrogen) atoms. The van der Waals surface area contributed by atoms with Crippen LogP contribution in [-0.2, 0) is 16.0 Å². The van der Waals surface area contributed by atoms with Crippen molar-refractivity contribution in [3.63, 3.8) is 0 Å². The number of rotatable bonds is 5. The van der Waals surface area contributed by atoms with Crippen LogP contribution in [0.3, 0.4) is 0 Å². The molecule has 0 spiro atoms. The van der Waals surface area contributed by atoms with E-state index in [9.17, 15) is 9.59 Å². The van der Waals surface area contributed by atoms with E-state index in [4.69, 9.17) is 8.94 Å². The lowest BCUT2D eigenvalue weighted by molar-refractivity contribution is -0.142. The largest absolute Gasteiger partial charge is 0.461 e. The van der Waals surface area contributed by atoms with E-state index < -0.39 is 0 Å². The summed E-state index contributed by atoms with van der Waals surface area (Å²) in [5.74, 6) is 1.88. The molecule has 0 bridgehead atoms. The lowest BCUT2D eigenvalue weighted by Crippen LogP contribution is -2.52. The highest BCUT2D eigenvalue weighted by Crippen LogP contribution is 2.26. The van der Waals surface area contributed by atoms with Crippen LogP contribution in [-0.4, -0.2) is 57.9 Å². The molecule has 2 amide bonds. The number of aryl methyl sites for hydroxylation is 1. The molecule has 3 heterocycles. The first-order valence-corrected chi connectivity index (χ1v) is 10.1. The quantitative estimate of drug-likeness (QED) is 0.784. The van der Waals surface area contributed by atoms with Gasteiger partial charge in [0, 0.05) is 44.9 Å². The fourth-order valence-electron chi connectivity index (χ4n) is 4.02. The number of amides is 2. The highest BCUT2D eigenvalue weighted by atomic mass is 16.5. The monoisotopic (exact) mass is 386 g/mol. The van der Waals surface area contributed by atoms with Gasteiger partial charge < -0.3 is 18.7 Å². The first-order valence-electron chi connectivity index (χ1n) is 10.1. The van der Waals surface area contributed by atoms with Gasteiger partial charge in [0.05, 0.1) is 6.26 Å². The molecule has 0 unspecified atom stereocenters. The van der Waals surface area contributed by atoms with E-state index in [1.165, 1.54) is 6.42 Å². The minimum Gasteiger partial charge on any atom is -0.461 e. The van der Waals surface area contributed by atoms with Crippen molar-refractivity contribution in [3.8, 4) is 11.6 Å². The summed E-state index contributed by atoms with van der Waals surface area (Å²) < 4.78 is 10.4. The van der Waals surface area contributed by atoms with E-state index in [1.807, 2.05) is 9.80 Å². The van der Waals surface area contributed by atoms with Gasteiger partial charge in [0.1, 0.15) is 0 Å². The molecule has 2 aliphatic rings. The number of hydrogen-bond donors (Lipinski definition) is 0. The Kier molecular flexibility index (Phi) is 5.73. The van der Waals surface area contributed by atoms with Crippen LogP contribution in [0, 0.1) is 5.92 Å². The maximum atomic E-state index is 12.6. The van der Waals surface area contributed by atoms with Crippen molar-refractivity contribution in [3.05, 3.63) is 24.3 Å². The van der Waals surface area contributed by atoms with Crippen LogP contribution in [0.4, 0.5) is 0 Å². The average Bonchev–Trinajstić information content (AvgIpc) is 3.44.